The van der Waals surface area contributed by atoms with Crippen LogP contribution in [-0.4, -0.2) is 4.98 Å². The van der Waals surface area contributed by atoms with Gasteiger partial charge in [0.2, 0.25) is 0 Å². The Morgan fingerprint density at radius 3 is 2.60 bits per heavy atom. The molecule has 0 saturated heterocycles. The van der Waals surface area contributed by atoms with E-state index in [9.17, 15) is 0 Å². The third-order valence-electron chi connectivity index (χ3n) is 3.56. The minimum atomic E-state index is 0.399. The standard InChI is InChI=1S/C18H16BrN/c19-17(15-6-2-1-3-7-15)12-11-14-8-4-10-18-16(14)9-5-13-20-18/h1-10,13,17H,11-12H2. The van der Waals surface area contributed by atoms with E-state index >= 15 is 0 Å². The lowest BCUT2D eigenvalue weighted by molar-refractivity contribution is 0.817. The Hall–Kier alpha value is -1.67. The molecular weight excluding hydrogens is 310 g/mol. The number of nitrogens with zero attached hydrogens (tertiary/aromatic N) is 1. The SMILES string of the molecule is BrC(CCc1cccc2ncccc12)c1ccccc1. The minimum absolute atomic E-state index is 0.399. The van der Waals surface area contributed by atoms with Crippen molar-refractivity contribution in [1.82, 2.24) is 4.98 Å². The van der Waals surface area contributed by atoms with Crippen LogP contribution >= 0.6 is 15.9 Å². The van der Waals surface area contributed by atoms with Gasteiger partial charge in [0, 0.05) is 16.4 Å². The Morgan fingerprint density at radius 2 is 1.75 bits per heavy atom. The number of halogens is 1. The zero-order valence-corrected chi connectivity index (χ0v) is 12.8. The third kappa shape index (κ3) is 2.91. The summed E-state index contributed by atoms with van der Waals surface area (Å²) in [6.45, 7) is 0. The quantitative estimate of drug-likeness (QED) is 0.593. The number of rotatable bonds is 4. The van der Waals surface area contributed by atoms with Crippen LogP contribution in [0.15, 0.2) is 66.9 Å². The van der Waals surface area contributed by atoms with Gasteiger partial charge in [-0.1, -0.05) is 64.5 Å². The van der Waals surface area contributed by atoms with Gasteiger partial charge in [-0.05, 0) is 36.1 Å². The molecule has 100 valence electrons. The monoisotopic (exact) mass is 325 g/mol. The predicted molar refractivity (Wildman–Crippen MR) is 88.2 cm³/mol. The van der Waals surface area contributed by atoms with Crippen molar-refractivity contribution in [1.29, 1.82) is 0 Å². The first-order valence-electron chi connectivity index (χ1n) is 6.86. The number of pyridine rings is 1. The lowest BCUT2D eigenvalue weighted by atomic mass is 10.0. The highest BCUT2D eigenvalue weighted by atomic mass is 79.9. The summed E-state index contributed by atoms with van der Waals surface area (Å²) in [5, 5.41) is 1.27. The van der Waals surface area contributed by atoms with E-state index in [1.807, 2.05) is 12.3 Å². The molecular formula is C18H16BrN. The van der Waals surface area contributed by atoms with Crippen molar-refractivity contribution in [2.24, 2.45) is 0 Å². The van der Waals surface area contributed by atoms with Crippen molar-refractivity contribution in [3.05, 3.63) is 78.0 Å². The second-order valence-corrected chi connectivity index (χ2v) is 6.01. The highest BCUT2D eigenvalue weighted by Gasteiger charge is 2.08. The number of hydrogen-bond donors (Lipinski definition) is 0. The van der Waals surface area contributed by atoms with Crippen LogP contribution in [0, 0.1) is 0 Å². The molecule has 0 bridgehead atoms. The molecule has 1 atom stereocenters. The van der Waals surface area contributed by atoms with E-state index in [1.165, 1.54) is 16.5 Å². The smallest absolute Gasteiger partial charge is 0.0704 e. The van der Waals surface area contributed by atoms with E-state index < -0.39 is 0 Å². The van der Waals surface area contributed by atoms with Crippen molar-refractivity contribution in [2.75, 3.05) is 0 Å². The van der Waals surface area contributed by atoms with E-state index in [2.05, 4.69) is 75.5 Å². The first kappa shape index (κ1) is 13.3. The largest absolute Gasteiger partial charge is 0.256 e. The minimum Gasteiger partial charge on any atom is -0.256 e. The van der Waals surface area contributed by atoms with Gasteiger partial charge in [0.25, 0.3) is 0 Å². The van der Waals surface area contributed by atoms with Crippen molar-refractivity contribution in [3.63, 3.8) is 0 Å². The van der Waals surface area contributed by atoms with Gasteiger partial charge >= 0.3 is 0 Å². The molecule has 0 radical (unpaired) electrons. The zero-order chi connectivity index (χ0) is 13.8. The molecule has 0 N–H and O–H groups in total. The van der Waals surface area contributed by atoms with E-state index in [4.69, 9.17) is 0 Å². The lowest BCUT2D eigenvalue weighted by Crippen LogP contribution is -1.94. The summed E-state index contributed by atoms with van der Waals surface area (Å²) >= 11 is 3.79. The molecule has 0 amide bonds. The molecule has 0 spiro atoms. The number of benzene rings is 2. The van der Waals surface area contributed by atoms with Crippen molar-refractivity contribution in [2.45, 2.75) is 17.7 Å². The maximum atomic E-state index is 4.42. The molecule has 1 aromatic heterocycles. The van der Waals surface area contributed by atoms with Crippen LogP contribution in [0.3, 0.4) is 0 Å². The van der Waals surface area contributed by atoms with Crippen LogP contribution in [0.25, 0.3) is 10.9 Å². The molecule has 0 saturated carbocycles. The summed E-state index contributed by atoms with van der Waals surface area (Å²) in [6, 6.07) is 21.1. The molecule has 1 heterocycles. The van der Waals surface area contributed by atoms with Gasteiger partial charge in [0.1, 0.15) is 0 Å². The second-order valence-electron chi connectivity index (χ2n) is 4.90. The molecule has 2 heteroatoms. The highest BCUT2D eigenvalue weighted by molar-refractivity contribution is 9.09. The maximum absolute atomic E-state index is 4.42. The molecule has 1 unspecified atom stereocenters. The fourth-order valence-corrected chi connectivity index (χ4v) is 3.03. The highest BCUT2D eigenvalue weighted by Crippen LogP contribution is 2.29. The molecule has 0 aliphatic carbocycles. The first-order chi connectivity index (χ1) is 9.84. The maximum Gasteiger partial charge on any atom is 0.0704 e. The van der Waals surface area contributed by atoms with Crippen molar-refractivity contribution < 1.29 is 0 Å². The lowest BCUT2D eigenvalue weighted by Gasteiger charge is -2.11. The number of aromatic nitrogens is 1. The average Bonchev–Trinajstić information content (AvgIpc) is 2.53. The van der Waals surface area contributed by atoms with Gasteiger partial charge in [-0.25, -0.2) is 0 Å². The molecule has 3 rings (SSSR count). The normalized spacial score (nSPS) is 12.4. The van der Waals surface area contributed by atoms with Crippen LogP contribution in [0.4, 0.5) is 0 Å². The van der Waals surface area contributed by atoms with Crippen LogP contribution in [0.1, 0.15) is 22.4 Å². The first-order valence-corrected chi connectivity index (χ1v) is 7.78. The van der Waals surface area contributed by atoms with Gasteiger partial charge < -0.3 is 0 Å². The number of hydrogen-bond acceptors (Lipinski definition) is 1. The Kier molecular flexibility index (Phi) is 4.12. The summed E-state index contributed by atoms with van der Waals surface area (Å²) < 4.78 is 0. The van der Waals surface area contributed by atoms with Crippen LogP contribution < -0.4 is 0 Å². The topological polar surface area (TPSA) is 12.9 Å². The summed E-state index contributed by atoms with van der Waals surface area (Å²) in [6.07, 6.45) is 3.98. The van der Waals surface area contributed by atoms with Gasteiger partial charge in [0.15, 0.2) is 0 Å². The summed E-state index contributed by atoms with van der Waals surface area (Å²) in [5.41, 5.74) is 3.79. The molecule has 0 aliphatic rings. The summed E-state index contributed by atoms with van der Waals surface area (Å²) in [5.74, 6) is 0. The fraction of sp³-hybridized carbons (Fsp3) is 0.167. The number of alkyl halides is 1. The number of aryl methyl sites for hydroxylation is 1. The van der Waals surface area contributed by atoms with Gasteiger partial charge in [-0.3, -0.25) is 4.98 Å². The van der Waals surface area contributed by atoms with Gasteiger partial charge in [-0.15, -0.1) is 0 Å². The van der Waals surface area contributed by atoms with Crippen LogP contribution in [0.5, 0.6) is 0 Å². The second kappa shape index (κ2) is 6.19. The van der Waals surface area contributed by atoms with Gasteiger partial charge in [-0.2, -0.15) is 0 Å². The third-order valence-corrected chi connectivity index (χ3v) is 4.55. The summed E-state index contributed by atoms with van der Waals surface area (Å²) in [4.78, 5) is 4.81. The van der Waals surface area contributed by atoms with E-state index in [0.29, 0.717) is 4.83 Å². The van der Waals surface area contributed by atoms with Crippen molar-refractivity contribution in [3.8, 4) is 0 Å². The molecule has 3 aromatic rings. The van der Waals surface area contributed by atoms with E-state index in [1.54, 1.807) is 0 Å². The zero-order valence-electron chi connectivity index (χ0n) is 11.2. The Morgan fingerprint density at radius 1 is 0.900 bits per heavy atom. The molecule has 1 nitrogen and oxygen atoms in total. The molecule has 0 aliphatic heterocycles. The molecule has 20 heavy (non-hydrogen) atoms. The van der Waals surface area contributed by atoms with Crippen LogP contribution in [0.2, 0.25) is 0 Å². The van der Waals surface area contributed by atoms with Gasteiger partial charge in [0.05, 0.1) is 5.52 Å². The molecule has 0 fully saturated rings. The van der Waals surface area contributed by atoms with Crippen molar-refractivity contribution >= 4 is 26.8 Å². The Balaban J connectivity index is 1.77. The van der Waals surface area contributed by atoms with E-state index in [-0.39, 0.29) is 0 Å². The fourth-order valence-electron chi connectivity index (χ4n) is 2.50. The Bertz CT molecular complexity index is 689. The number of fused-ring (bicyclic) bond motifs is 1. The average molecular weight is 326 g/mol. The Labute approximate surface area is 127 Å². The summed E-state index contributed by atoms with van der Waals surface area (Å²) in [7, 11) is 0. The predicted octanol–water partition coefficient (Wildman–Crippen LogP) is 5.30. The van der Waals surface area contributed by atoms with E-state index in [0.717, 1.165) is 18.4 Å². The molecule has 2 aromatic carbocycles. The van der Waals surface area contributed by atoms with Crippen LogP contribution in [-0.2, 0) is 6.42 Å².